The number of anilines is 1. The molecule has 0 N–H and O–H groups in total. The summed E-state index contributed by atoms with van der Waals surface area (Å²) in [6.45, 7) is 5.18. The van der Waals surface area contributed by atoms with Crippen LogP contribution in [0.15, 0.2) is 24.5 Å². The van der Waals surface area contributed by atoms with Gasteiger partial charge in [0, 0.05) is 31.5 Å². The highest BCUT2D eigenvalue weighted by Crippen LogP contribution is 2.22. The highest BCUT2D eigenvalue weighted by molar-refractivity contribution is 5.91. The third-order valence-corrected chi connectivity index (χ3v) is 5.01. The molecule has 1 amide bonds. The number of aromatic nitrogens is 8. The molecule has 0 aliphatic carbocycles. The zero-order valence-corrected chi connectivity index (χ0v) is 15.7. The van der Waals surface area contributed by atoms with Crippen molar-refractivity contribution in [1.82, 2.24) is 44.3 Å². The van der Waals surface area contributed by atoms with Gasteiger partial charge in [-0.2, -0.15) is 9.50 Å². The van der Waals surface area contributed by atoms with E-state index in [1.165, 1.54) is 0 Å². The molecule has 0 atom stereocenters. The summed E-state index contributed by atoms with van der Waals surface area (Å²) in [6, 6.07) is 5.74. The first-order chi connectivity index (χ1) is 13.5. The van der Waals surface area contributed by atoms with E-state index in [0.717, 1.165) is 17.2 Å². The third kappa shape index (κ3) is 2.54. The highest BCUT2D eigenvalue weighted by Gasteiger charge is 2.35. The van der Waals surface area contributed by atoms with Crippen molar-refractivity contribution >= 4 is 23.1 Å². The maximum Gasteiger partial charge on any atom is 0.293 e. The molecule has 11 nitrogen and oxygen atoms in total. The molecule has 1 fully saturated rings. The number of fused-ring (bicyclic) bond motifs is 2. The molecule has 0 aromatic carbocycles. The molecule has 0 bridgehead atoms. The summed E-state index contributed by atoms with van der Waals surface area (Å²) >= 11 is 0. The fourth-order valence-corrected chi connectivity index (χ4v) is 3.35. The molecular weight excluding hydrogens is 360 g/mol. The Morgan fingerprint density at radius 2 is 2.00 bits per heavy atom. The van der Waals surface area contributed by atoms with Gasteiger partial charge in [0.05, 0.1) is 6.04 Å². The Hall–Kier alpha value is -3.63. The van der Waals surface area contributed by atoms with Gasteiger partial charge in [-0.1, -0.05) is 0 Å². The highest BCUT2D eigenvalue weighted by atomic mass is 16.2. The predicted molar refractivity (Wildman–Crippen MR) is 99.1 cm³/mol. The van der Waals surface area contributed by atoms with Crippen LogP contribution in [0.4, 0.5) is 5.82 Å². The van der Waals surface area contributed by atoms with Crippen molar-refractivity contribution in [2.75, 3.05) is 25.0 Å². The Balaban J connectivity index is 1.31. The second kappa shape index (κ2) is 5.94. The first-order valence-electron chi connectivity index (χ1n) is 8.90. The number of hydrogen-bond donors (Lipinski definition) is 0. The number of carbonyl (C=O) groups excluding carboxylic acids is 1. The second-order valence-electron chi connectivity index (χ2n) is 6.99. The summed E-state index contributed by atoms with van der Waals surface area (Å²) in [5.41, 5.74) is 2.43. The molecule has 0 saturated carbocycles. The monoisotopic (exact) mass is 378 g/mol. The number of carbonyl (C=O) groups is 1. The Labute approximate surface area is 159 Å². The fraction of sp³-hybridized carbons (Fsp3) is 0.353. The van der Waals surface area contributed by atoms with Gasteiger partial charge in [0.2, 0.25) is 5.82 Å². The van der Waals surface area contributed by atoms with Crippen molar-refractivity contribution in [2.45, 2.75) is 19.9 Å². The summed E-state index contributed by atoms with van der Waals surface area (Å²) in [6.07, 6.45) is 1.57. The summed E-state index contributed by atoms with van der Waals surface area (Å²) in [4.78, 5) is 25.3. The van der Waals surface area contributed by atoms with Crippen LogP contribution in [-0.2, 0) is 0 Å². The molecule has 28 heavy (non-hydrogen) atoms. The number of aryl methyl sites for hydroxylation is 2. The third-order valence-electron chi connectivity index (χ3n) is 5.01. The van der Waals surface area contributed by atoms with Gasteiger partial charge in [-0.3, -0.25) is 4.79 Å². The van der Waals surface area contributed by atoms with Crippen LogP contribution in [-0.4, -0.2) is 76.4 Å². The van der Waals surface area contributed by atoms with Gasteiger partial charge in [-0.25, -0.2) is 9.50 Å². The normalized spacial score (nSPS) is 14.6. The molecule has 1 aliphatic rings. The lowest BCUT2D eigenvalue weighted by molar-refractivity contribution is 0.0693. The standard InChI is InChI=1S/C17H18N10O/c1-10-6-11(2)27-17(19-10)20-15(23-27)16(28)24(3)12-7-25(8-12)14-5-4-13-21-18-9-26(13)22-14/h4-6,9,12H,7-8H2,1-3H3. The van der Waals surface area contributed by atoms with Crippen molar-refractivity contribution in [3.63, 3.8) is 0 Å². The van der Waals surface area contributed by atoms with Gasteiger partial charge in [-0.15, -0.1) is 20.4 Å². The first-order valence-corrected chi connectivity index (χ1v) is 8.90. The number of hydrogen-bond acceptors (Lipinski definition) is 8. The molecule has 142 valence electrons. The molecule has 0 spiro atoms. The van der Waals surface area contributed by atoms with E-state index < -0.39 is 0 Å². The van der Waals surface area contributed by atoms with E-state index >= 15 is 0 Å². The maximum absolute atomic E-state index is 12.8. The van der Waals surface area contributed by atoms with Gasteiger partial charge >= 0.3 is 0 Å². The van der Waals surface area contributed by atoms with Crippen molar-refractivity contribution < 1.29 is 4.79 Å². The van der Waals surface area contributed by atoms with Gasteiger partial charge in [0.25, 0.3) is 11.7 Å². The van der Waals surface area contributed by atoms with Crippen molar-refractivity contribution in [1.29, 1.82) is 0 Å². The summed E-state index contributed by atoms with van der Waals surface area (Å²) in [5, 5.41) is 16.6. The van der Waals surface area contributed by atoms with Crippen LogP contribution in [0.25, 0.3) is 11.4 Å². The zero-order chi connectivity index (χ0) is 19.4. The van der Waals surface area contributed by atoms with Crippen molar-refractivity contribution in [3.8, 4) is 0 Å². The van der Waals surface area contributed by atoms with Gasteiger partial charge in [0.15, 0.2) is 5.65 Å². The van der Waals surface area contributed by atoms with Crippen LogP contribution in [0.2, 0.25) is 0 Å². The van der Waals surface area contributed by atoms with Crippen LogP contribution < -0.4 is 4.90 Å². The average molecular weight is 378 g/mol. The minimum absolute atomic E-state index is 0.0633. The van der Waals surface area contributed by atoms with Crippen LogP contribution >= 0.6 is 0 Å². The van der Waals surface area contributed by atoms with Crippen LogP contribution in [0.1, 0.15) is 22.0 Å². The molecule has 11 heteroatoms. The maximum atomic E-state index is 12.8. The molecule has 1 saturated heterocycles. The van der Waals surface area contributed by atoms with E-state index in [4.69, 9.17) is 0 Å². The Morgan fingerprint density at radius 3 is 2.82 bits per heavy atom. The quantitative estimate of drug-likeness (QED) is 0.495. The molecule has 4 aromatic rings. The van der Waals surface area contributed by atoms with Crippen LogP contribution in [0.3, 0.4) is 0 Å². The molecule has 4 aromatic heterocycles. The Morgan fingerprint density at radius 1 is 1.18 bits per heavy atom. The molecule has 1 aliphatic heterocycles. The molecule has 0 unspecified atom stereocenters. The average Bonchev–Trinajstić information content (AvgIpc) is 3.25. The minimum Gasteiger partial charge on any atom is -0.351 e. The number of nitrogens with zero attached hydrogens (tertiary/aromatic N) is 10. The van der Waals surface area contributed by atoms with Gasteiger partial charge in [0.1, 0.15) is 12.1 Å². The number of amides is 1. The van der Waals surface area contributed by atoms with Crippen LogP contribution in [0, 0.1) is 13.8 Å². The van der Waals surface area contributed by atoms with E-state index in [1.54, 1.807) is 27.3 Å². The number of likely N-dealkylation sites (N-methyl/N-ethyl adjacent to an activating group) is 1. The Kier molecular flexibility index (Phi) is 3.51. The SMILES string of the molecule is Cc1cc(C)n2nc(C(=O)N(C)C3CN(c4ccc5nncn5n4)C3)nc2n1. The van der Waals surface area contributed by atoms with Crippen molar-refractivity contribution in [3.05, 3.63) is 41.7 Å². The summed E-state index contributed by atoms with van der Waals surface area (Å²) in [5.74, 6) is 1.21. The minimum atomic E-state index is -0.213. The lowest BCUT2D eigenvalue weighted by Gasteiger charge is -2.44. The van der Waals surface area contributed by atoms with E-state index in [0.29, 0.717) is 24.5 Å². The molecular formula is C17H18N10O. The predicted octanol–water partition coefficient (Wildman–Crippen LogP) is 0.140. The van der Waals surface area contributed by atoms with E-state index in [2.05, 4.69) is 35.3 Å². The van der Waals surface area contributed by atoms with Crippen LogP contribution in [0.5, 0.6) is 0 Å². The smallest absolute Gasteiger partial charge is 0.293 e. The summed E-state index contributed by atoms with van der Waals surface area (Å²) < 4.78 is 3.23. The second-order valence-corrected chi connectivity index (χ2v) is 6.99. The van der Waals surface area contributed by atoms with Gasteiger partial charge in [-0.05, 0) is 32.0 Å². The Bertz CT molecular complexity index is 1210. The fourth-order valence-electron chi connectivity index (χ4n) is 3.35. The molecule has 5 heterocycles. The first kappa shape index (κ1) is 16.5. The van der Waals surface area contributed by atoms with Crippen molar-refractivity contribution in [2.24, 2.45) is 0 Å². The lowest BCUT2D eigenvalue weighted by atomic mass is 10.1. The number of rotatable bonds is 3. The largest absolute Gasteiger partial charge is 0.351 e. The summed E-state index contributed by atoms with van der Waals surface area (Å²) in [7, 11) is 1.78. The van der Waals surface area contributed by atoms with E-state index in [9.17, 15) is 4.79 Å². The lowest BCUT2D eigenvalue weighted by Crippen LogP contribution is -2.60. The molecule has 0 radical (unpaired) electrons. The van der Waals surface area contributed by atoms with Gasteiger partial charge < -0.3 is 9.80 Å². The van der Waals surface area contributed by atoms with E-state index in [-0.39, 0.29) is 17.8 Å². The van der Waals surface area contributed by atoms with E-state index in [1.807, 2.05) is 32.0 Å². The molecule has 5 rings (SSSR count). The zero-order valence-electron chi connectivity index (χ0n) is 15.7. The topological polar surface area (TPSA) is 110 Å².